The van der Waals surface area contributed by atoms with Gasteiger partial charge in [0.1, 0.15) is 0 Å². The lowest BCUT2D eigenvalue weighted by atomic mass is 9.86. The van der Waals surface area contributed by atoms with Gasteiger partial charge in [-0.1, -0.05) is 188 Å². The van der Waals surface area contributed by atoms with Crippen molar-refractivity contribution >= 4 is 53.9 Å². The van der Waals surface area contributed by atoms with E-state index >= 15 is 0 Å². The summed E-state index contributed by atoms with van der Waals surface area (Å²) in [6, 6.07) is 24.9. The molecule has 0 spiro atoms. The zero-order valence-corrected chi connectivity index (χ0v) is 29.2. The second kappa shape index (κ2) is 13.1. The van der Waals surface area contributed by atoms with Gasteiger partial charge in [-0.05, 0) is 88.2 Å². The van der Waals surface area contributed by atoms with E-state index in [0.29, 0.717) is 27.3 Å². The van der Waals surface area contributed by atoms with Gasteiger partial charge in [-0.25, -0.2) is 15.0 Å². The Balaban J connectivity index is 1.33. The van der Waals surface area contributed by atoms with Crippen molar-refractivity contribution in [3.8, 4) is 56.4 Å². The SMILES string of the molecule is [2H]c1c([2H])c([2H])c(-c2ccc3c(-c4nc(-c5c([2H])c([2H])c([2H])c([2H])c5[2H])nc(-c5cc6c7ccccc7ccc6c6ccccc56)n4)c4ccccc4c(-c4c([2H])c([2H])c([2H])c([2H])c4[2H])c3c2)c([2H])c1[2H]. The van der Waals surface area contributed by atoms with Gasteiger partial charge >= 0.3 is 0 Å². The Morgan fingerprint density at radius 1 is 0.304 bits per heavy atom. The molecule has 0 amide bonds. The van der Waals surface area contributed by atoms with Gasteiger partial charge < -0.3 is 0 Å². The number of nitrogens with zero attached hydrogens (tertiary/aromatic N) is 3. The van der Waals surface area contributed by atoms with Crippen LogP contribution in [0.25, 0.3) is 110 Å². The minimum Gasteiger partial charge on any atom is -0.208 e. The second-order valence-electron chi connectivity index (χ2n) is 13.2. The van der Waals surface area contributed by atoms with Gasteiger partial charge in [0.25, 0.3) is 0 Å². The Labute approximate surface area is 345 Å². The first-order valence-electron chi connectivity index (χ1n) is 25.3. The molecule has 1 aromatic heterocycles. The maximum Gasteiger partial charge on any atom is 0.165 e. The van der Waals surface area contributed by atoms with Crippen LogP contribution in [0.1, 0.15) is 20.6 Å². The first kappa shape index (κ1) is 20.3. The molecule has 0 aliphatic carbocycles. The second-order valence-corrected chi connectivity index (χ2v) is 13.2. The fourth-order valence-electron chi connectivity index (χ4n) is 7.74. The Bertz CT molecular complexity index is 4110. The third-order valence-electron chi connectivity index (χ3n) is 10.2. The molecule has 0 aliphatic rings. The summed E-state index contributed by atoms with van der Waals surface area (Å²) in [5.74, 6) is -0.180. The van der Waals surface area contributed by atoms with Crippen LogP contribution in [0.5, 0.6) is 0 Å². The van der Waals surface area contributed by atoms with Crippen LogP contribution in [0, 0.1) is 0 Å². The maximum absolute atomic E-state index is 9.20. The van der Waals surface area contributed by atoms with Crippen LogP contribution >= 0.6 is 0 Å². The van der Waals surface area contributed by atoms with Crippen LogP contribution in [-0.4, -0.2) is 15.0 Å². The quantitative estimate of drug-likeness (QED) is 0.131. The van der Waals surface area contributed by atoms with Gasteiger partial charge in [0.15, 0.2) is 17.5 Å². The molecule has 0 atom stereocenters. The highest BCUT2D eigenvalue weighted by atomic mass is 15.0. The van der Waals surface area contributed by atoms with Crippen LogP contribution in [0.4, 0.5) is 0 Å². The minimum absolute atomic E-state index is 0.0247. The average Bonchev–Trinajstić information content (AvgIpc) is 3.39. The number of benzene rings is 10. The third-order valence-corrected chi connectivity index (χ3v) is 10.2. The predicted octanol–water partition coefficient (Wildman–Crippen LogP) is 14.0. The van der Waals surface area contributed by atoms with Crippen molar-refractivity contribution in [1.29, 1.82) is 0 Å². The lowest BCUT2D eigenvalue weighted by molar-refractivity contribution is 1.08. The number of fused-ring (bicyclic) bond motifs is 7. The number of hydrogen-bond acceptors (Lipinski definition) is 3. The summed E-state index contributed by atoms with van der Waals surface area (Å²) in [4.78, 5) is 15.1. The van der Waals surface area contributed by atoms with Crippen molar-refractivity contribution in [2.24, 2.45) is 0 Å². The van der Waals surface area contributed by atoms with Crippen LogP contribution in [0.3, 0.4) is 0 Å². The average molecular weight is 727 g/mol. The molecular weight excluding hydrogens is 679 g/mol. The summed E-state index contributed by atoms with van der Waals surface area (Å²) in [6.45, 7) is 0. The molecule has 11 aromatic rings. The van der Waals surface area contributed by atoms with E-state index in [1.807, 2.05) is 54.6 Å². The molecule has 0 aliphatic heterocycles. The molecule has 1 heterocycles. The minimum atomic E-state index is -0.610. The smallest absolute Gasteiger partial charge is 0.165 e. The molecule has 0 saturated carbocycles. The zero-order chi connectivity index (χ0) is 50.1. The summed E-state index contributed by atoms with van der Waals surface area (Å²) in [7, 11) is 0. The van der Waals surface area contributed by atoms with Crippen molar-refractivity contribution in [2.75, 3.05) is 0 Å². The molecule has 11 rings (SSSR count). The molecule has 0 N–H and O–H groups in total. The molecule has 56 heavy (non-hydrogen) atoms. The first-order valence-corrected chi connectivity index (χ1v) is 17.8. The highest BCUT2D eigenvalue weighted by Gasteiger charge is 2.22. The van der Waals surface area contributed by atoms with Gasteiger partial charge in [0, 0.05) is 16.7 Å². The highest BCUT2D eigenvalue weighted by molar-refractivity contribution is 6.22. The van der Waals surface area contributed by atoms with Crippen molar-refractivity contribution in [1.82, 2.24) is 15.0 Å². The van der Waals surface area contributed by atoms with E-state index in [1.165, 1.54) is 0 Å². The third kappa shape index (κ3) is 5.25. The van der Waals surface area contributed by atoms with Crippen molar-refractivity contribution in [3.05, 3.63) is 200 Å². The van der Waals surface area contributed by atoms with E-state index in [9.17, 15) is 2.74 Å². The Kier molecular flexibility index (Phi) is 4.75. The van der Waals surface area contributed by atoms with Crippen molar-refractivity contribution < 1.29 is 20.6 Å². The van der Waals surface area contributed by atoms with Crippen LogP contribution < -0.4 is 0 Å². The fraction of sp³-hybridized carbons (Fsp3) is 0. The lowest BCUT2D eigenvalue weighted by Crippen LogP contribution is -2.02. The Morgan fingerprint density at radius 2 is 0.821 bits per heavy atom. The molecule has 0 fully saturated rings. The van der Waals surface area contributed by atoms with Crippen LogP contribution in [0.2, 0.25) is 0 Å². The summed E-state index contributed by atoms with van der Waals surface area (Å²) in [5, 5.41) is 6.74. The summed E-state index contributed by atoms with van der Waals surface area (Å²) < 4.78 is 131. The summed E-state index contributed by atoms with van der Waals surface area (Å²) in [6.07, 6.45) is 0. The van der Waals surface area contributed by atoms with Crippen LogP contribution in [0.15, 0.2) is 200 Å². The van der Waals surface area contributed by atoms with E-state index in [2.05, 4.69) is 12.1 Å². The number of aromatic nitrogens is 3. The topological polar surface area (TPSA) is 38.7 Å². The molecule has 260 valence electrons. The van der Waals surface area contributed by atoms with Crippen LogP contribution in [-0.2, 0) is 0 Å². The Hall–Kier alpha value is -7.49. The first-order chi connectivity index (χ1) is 34.0. The molecule has 10 aromatic carbocycles. The molecule has 0 saturated heterocycles. The number of hydrogen-bond donors (Lipinski definition) is 0. The van der Waals surface area contributed by atoms with E-state index in [-0.39, 0.29) is 50.7 Å². The van der Waals surface area contributed by atoms with Gasteiger partial charge in [-0.2, -0.15) is 0 Å². The van der Waals surface area contributed by atoms with Crippen molar-refractivity contribution in [2.45, 2.75) is 0 Å². The maximum atomic E-state index is 9.20. The molecule has 0 radical (unpaired) electrons. The number of rotatable bonds is 5. The van der Waals surface area contributed by atoms with Gasteiger partial charge in [0.05, 0.1) is 20.6 Å². The largest absolute Gasteiger partial charge is 0.208 e. The molecule has 0 bridgehead atoms. The highest BCUT2D eigenvalue weighted by Crippen LogP contribution is 2.45. The normalized spacial score (nSPS) is 15.3. The standard InChI is InChI=1S/C53H33N3/c1-4-16-34(17-5-1)38-29-31-45-47(32-38)49(36-19-6-2-7-20-36)43-26-14-15-27-44(43)50(45)53-55-51(37-21-8-3-9-22-37)54-52(56-53)48-33-46-39-23-11-10-18-35(39)28-30-42(46)40-24-12-13-25-41(40)48/h1-33H/i1D,2D,3D,4D,5D,6D,7D,8D,9D,16D,17D,19D,20D,21D,22D. The van der Waals surface area contributed by atoms with Gasteiger partial charge in [-0.15, -0.1) is 0 Å². The van der Waals surface area contributed by atoms with E-state index in [4.69, 9.17) is 32.8 Å². The van der Waals surface area contributed by atoms with Gasteiger partial charge in [0.2, 0.25) is 0 Å². The molecule has 3 heteroatoms. The summed E-state index contributed by atoms with van der Waals surface area (Å²) >= 11 is 0. The Morgan fingerprint density at radius 3 is 1.55 bits per heavy atom. The zero-order valence-electron chi connectivity index (χ0n) is 44.2. The van der Waals surface area contributed by atoms with E-state index in [1.54, 1.807) is 42.5 Å². The van der Waals surface area contributed by atoms with E-state index < -0.39 is 90.6 Å². The summed E-state index contributed by atoms with van der Waals surface area (Å²) in [5.41, 5.74) is 0.605. The predicted molar refractivity (Wildman–Crippen MR) is 235 cm³/mol. The van der Waals surface area contributed by atoms with E-state index in [0.717, 1.165) is 32.3 Å². The monoisotopic (exact) mass is 726 g/mol. The molecule has 3 nitrogen and oxygen atoms in total. The lowest BCUT2D eigenvalue weighted by Gasteiger charge is -2.19. The molecular formula is C53H33N3. The fourth-order valence-corrected chi connectivity index (χ4v) is 7.74. The van der Waals surface area contributed by atoms with Crippen molar-refractivity contribution in [3.63, 3.8) is 0 Å². The van der Waals surface area contributed by atoms with Gasteiger partial charge in [-0.3, -0.25) is 0 Å². The molecule has 0 unspecified atom stereocenters.